The van der Waals surface area contributed by atoms with Gasteiger partial charge in [0.15, 0.2) is 0 Å². The fourth-order valence-electron chi connectivity index (χ4n) is 2.60. The van der Waals surface area contributed by atoms with Crippen LogP contribution in [0.25, 0.3) is 22.0 Å². The lowest BCUT2D eigenvalue weighted by atomic mass is 9.99. The van der Waals surface area contributed by atoms with Gasteiger partial charge in [-0.2, -0.15) is 0 Å². The molecule has 0 atom stereocenters. The van der Waals surface area contributed by atoms with Crippen molar-refractivity contribution in [2.45, 2.75) is 19.8 Å². The molecule has 4 heteroatoms. The molecule has 0 aliphatic rings. The van der Waals surface area contributed by atoms with Gasteiger partial charge in [-0.1, -0.05) is 19.4 Å². The molecule has 0 fully saturated rings. The molecule has 2 nitrogen and oxygen atoms in total. The first-order chi connectivity index (χ1) is 10.6. The minimum absolute atomic E-state index is 0.0939. The summed E-state index contributed by atoms with van der Waals surface area (Å²) < 4.78 is 28.2. The molecule has 0 amide bonds. The molecule has 1 aromatic heterocycles. The van der Waals surface area contributed by atoms with Crippen molar-refractivity contribution in [1.82, 2.24) is 4.98 Å². The summed E-state index contributed by atoms with van der Waals surface area (Å²) in [6.45, 7) is 1.92. The first kappa shape index (κ1) is 14.4. The molecule has 0 saturated carbocycles. The zero-order valence-corrected chi connectivity index (χ0v) is 12.1. The molecular weight excluding hydrogens is 284 g/mol. The second-order valence-electron chi connectivity index (χ2n) is 5.24. The third kappa shape index (κ3) is 2.52. The second kappa shape index (κ2) is 5.72. The number of benzene rings is 2. The third-order valence-electron chi connectivity index (χ3n) is 3.66. The highest BCUT2D eigenvalue weighted by molar-refractivity contribution is 5.85. The number of phenolic OH excluding ortho intramolecular Hbond substituents is 1. The number of rotatable bonds is 3. The zero-order chi connectivity index (χ0) is 15.7. The Balaban J connectivity index is 2.15. The number of phenols is 1. The van der Waals surface area contributed by atoms with Crippen LogP contribution in [0.15, 0.2) is 42.6 Å². The Labute approximate surface area is 127 Å². The largest absolute Gasteiger partial charge is 0.508 e. The monoisotopic (exact) mass is 299 g/mol. The first-order valence-corrected chi connectivity index (χ1v) is 7.16. The number of nitrogens with zero attached hydrogens (tertiary/aromatic N) is 1. The van der Waals surface area contributed by atoms with E-state index in [0.29, 0.717) is 28.5 Å². The van der Waals surface area contributed by atoms with E-state index < -0.39 is 11.6 Å². The van der Waals surface area contributed by atoms with Crippen LogP contribution in [0.5, 0.6) is 5.75 Å². The van der Waals surface area contributed by atoms with Crippen LogP contribution in [0.1, 0.15) is 18.9 Å². The van der Waals surface area contributed by atoms with Crippen LogP contribution in [0.2, 0.25) is 0 Å². The van der Waals surface area contributed by atoms with Crippen LogP contribution >= 0.6 is 0 Å². The van der Waals surface area contributed by atoms with E-state index >= 15 is 0 Å². The van der Waals surface area contributed by atoms with Crippen molar-refractivity contribution < 1.29 is 13.9 Å². The minimum Gasteiger partial charge on any atom is -0.508 e. The van der Waals surface area contributed by atoms with Gasteiger partial charge >= 0.3 is 0 Å². The first-order valence-electron chi connectivity index (χ1n) is 7.16. The van der Waals surface area contributed by atoms with Crippen LogP contribution in [0.4, 0.5) is 8.78 Å². The van der Waals surface area contributed by atoms with Gasteiger partial charge in [0.05, 0.1) is 0 Å². The summed E-state index contributed by atoms with van der Waals surface area (Å²) in [4.78, 5) is 3.99. The molecular formula is C18H15F2NO. The predicted octanol–water partition coefficient (Wildman–Crippen LogP) is 4.84. The molecule has 112 valence electrons. The van der Waals surface area contributed by atoms with Crippen LogP contribution in [0.3, 0.4) is 0 Å². The van der Waals surface area contributed by atoms with Crippen molar-refractivity contribution in [3.05, 3.63) is 59.8 Å². The highest BCUT2D eigenvalue weighted by Crippen LogP contribution is 2.32. The molecule has 3 aromatic rings. The Bertz CT molecular complexity index is 823. The molecule has 0 saturated heterocycles. The Morgan fingerprint density at radius 1 is 1.05 bits per heavy atom. The Morgan fingerprint density at radius 3 is 2.50 bits per heavy atom. The lowest BCUT2D eigenvalue weighted by Gasteiger charge is -2.10. The maximum atomic E-state index is 14.1. The van der Waals surface area contributed by atoms with Gasteiger partial charge in [-0.15, -0.1) is 0 Å². The summed E-state index contributed by atoms with van der Waals surface area (Å²) in [6.07, 6.45) is 2.73. The molecule has 0 aliphatic carbocycles. The van der Waals surface area contributed by atoms with E-state index in [1.807, 2.05) is 6.92 Å². The van der Waals surface area contributed by atoms with Crippen LogP contribution < -0.4 is 0 Å². The lowest BCUT2D eigenvalue weighted by Crippen LogP contribution is -1.93. The molecule has 1 N–H and O–H groups in total. The standard InChI is InChI=1S/C18H15F2NO/c1-2-4-14-15(19)8-13(10-17(14)22)12-7-11-5-3-6-21-18(11)16(20)9-12/h3,5-10,22H,2,4H2,1H3. The third-order valence-corrected chi connectivity index (χ3v) is 3.66. The number of fused-ring (bicyclic) bond motifs is 1. The fraction of sp³-hybridized carbons (Fsp3) is 0.167. The van der Waals surface area contributed by atoms with Gasteiger partial charge < -0.3 is 5.11 Å². The normalized spacial score (nSPS) is 11.0. The molecule has 0 spiro atoms. The quantitative estimate of drug-likeness (QED) is 0.751. The molecule has 0 bridgehead atoms. The minimum atomic E-state index is -0.469. The van der Waals surface area contributed by atoms with E-state index in [1.165, 1.54) is 24.4 Å². The maximum Gasteiger partial charge on any atom is 0.150 e. The van der Waals surface area contributed by atoms with Crippen molar-refractivity contribution in [1.29, 1.82) is 0 Å². The van der Waals surface area contributed by atoms with E-state index in [9.17, 15) is 13.9 Å². The maximum absolute atomic E-state index is 14.1. The van der Waals surface area contributed by atoms with Gasteiger partial charge in [0, 0.05) is 17.1 Å². The second-order valence-corrected chi connectivity index (χ2v) is 5.24. The average molecular weight is 299 g/mol. The van der Waals surface area contributed by atoms with Gasteiger partial charge in [0.1, 0.15) is 22.9 Å². The van der Waals surface area contributed by atoms with Gasteiger partial charge in [0.2, 0.25) is 0 Å². The van der Waals surface area contributed by atoms with Crippen molar-refractivity contribution in [2.75, 3.05) is 0 Å². The van der Waals surface area contributed by atoms with E-state index in [1.54, 1.807) is 18.2 Å². The number of hydrogen-bond acceptors (Lipinski definition) is 2. The topological polar surface area (TPSA) is 33.1 Å². The molecule has 0 aliphatic heterocycles. The van der Waals surface area contributed by atoms with Gasteiger partial charge in [-0.3, -0.25) is 4.98 Å². The van der Waals surface area contributed by atoms with Crippen molar-refractivity contribution in [2.24, 2.45) is 0 Å². The Hall–Kier alpha value is -2.49. The molecule has 3 rings (SSSR count). The van der Waals surface area contributed by atoms with Crippen LogP contribution in [-0.2, 0) is 6.42 Å². The van der Waals surface area contributed by atoms with Crippen molar-refractivity contribution >= 4 is 10.9 Å². The molecule has 22 heavy (non-hydrogen) atoms. The van der Waals surface area contributed by atoms with E-state index in [0.717, 1.165) is 6.42 Å². The highest BCUT2D eigenvalue weighted by Gasteiger charge is 2.12. The van der Waals surface area contributed by atoms with Gasteiger partial charge in [-0.05, 0) is 47.9 Å². The zero-order valence-electron chi connectivity index (χ0n) is 12.1. The number of aromatic hydroxyl groups is 1. The van der Waals surface area contributed by atoms with E-state index in [2.05, 4.69) is 4.98 Å². The summed E-state index contributed by atoms with van der Waals surface area (Å²) in [7, 11) is 0. The summed E-state index contributed by atoms with van der Waals surface area (Å²) in [5, 5.41) is 10.6. The molecule has 0 unspecified atom stereocenters. The summed E-state index contributed by atoms with van der Waals surface area (Å²) in [5.74, 6) is -1.03. The lowest BCUT2D eigenvalue weighted by molar-refractivity contribution is 0.458. The number of pyridine rings is 1. The Kier molecular flexibility index (Phi) is 3.75. The summed E-state index contributed by atoms with van der Waals surface area (Å²) in [5.41, 5.74) is 1.53. The summed E-state index contributed by atoms with van der Waals surface area (Å²) in [6, 6.07) is 9.32. The van der Waals surface area contributed by atoms with Gasteiger partial charge in [0.25, 0.3) is 0 Å². The highest BCUT2D eigenvalue weighted by atomic mass is 19.1. The summed E-state index contributed by atoms with van der Waals surface area (Å²) >= 11 is 0. The fourth-order valence-corrected chi connectivity index (χ4v) is 2.60. The number of halogens is 2. The van der Waals surface area contributed by atoms with Gasteiger partial charge in [-0.25, -0.2) is 8.78 Å². The van der Waals surface area contributed by atoms with Crippen LogP contribution in [-0.4, -0.2) is 10.1 Å². The number of hydrogen-bond donors (Lipinski definition) is 1. The smallest absolute Gasteiger partial charge is 0.150 e. The molecule has 0 radical (unpaired) electrons. The molecule has 2 aromatic carbocycles. The van der Waals surface area contributed by atoms with Crippen LogP contribution in [0, 0.1) is 11.6 Å². The SMILES string of the molecule is CCCc1c(O)cc(-c2cc(F)c3ncccc3c2)cc1F. The molecule has 1 heterocycles. The average Bonchev–Trinajstić information content (AvgIpc) is 2.50. The van der Waals surface area contributed by atoms with Crippen molar-refractivity contribution in [3.63, 3.8) is 0 Å². The Morgan fingerprint density at radius 2 is 1.77 bits per heavy atom. The van der Waals surface area contributed by atoms with E-state index in [4.69, 9.17) is 0 Å². The van der Waals surface area contributed by atoms with E-state index in [-0.39, 0.29) is 11.3 Å². The van der Waals surface area contributed by atoms with Crippen molar-refractivity contribution in [3.8, 4) is 16.9 Å². The number of aromatic nitrogens is 1. The predicted molar refractivity (Wildman–Crippen MR) is 82.8 cm³/mol.